The fourth-order valence-electron chi connectivity index (χ4n) is 3.91. The van der Waals surface area contributed by atoms with Gasteiger partial charge < -0.3 is 9.80 Å². The molecule has 3 heteroatoms. The summed E-state index contributed by atoms with van der Waals surface area (Å²) < 4.78 is 0. The molecule has 2 saturated heterocycles. The lowest BCUT2D eigenvalue weighted by Crippen LogP contribution is -2.43. The molecule has 0 radical (unpaired) electrons. The highest BCUT2D eigenvalue weighted by Crippen LogP contribution is 2.48. The van der Waals surface area contributed by atoms with Gasteiger partial charge in [-0.1, -0.05) is 12.1 Å². The molecule has 2 aliphatic heterocycles. The summed E-state index contributed by atoms with van der Waals surface area (Å²) in [7, 11) is 0. The number of hydrogen-bond donors (Lipinski definition) is 0. The van der Waals surface area contributed by atoms with Gasteiger partial charge in [-0.2, -0.15) is 0 Å². The molecule has 1 aromatic carbocycles. The molecule has 1 aliphatic carbocycles. The Kier molecular flexibility index (Phi) is 3.26. The van der Waals surface area contributed by atoms with E-state index in [1.807, 2.05) is 4.90 Å². The number of rotatable bonds is 4. The fraction of sp³-hybridized carbons (Fsp3) is 0.611. The van der Waals surface area contributed by atoms with Crippen molar-refractivity contribution in [1.29, 1.82) is 0 Å². The maximum atomic E-state index is 11.5. The lowest BCUT2D eigenvalue weighted by atomic mass is 10.1. The Morgan fingerprint density at radius 1 is 1.19 bits per heavy atom. The average molecular weight is 284 g/mol. The second-order valence-electron chi connectivity index (χ2n) is 6.98. The average Bonchev–Trinajstić information content (AvgIpc) is 3.13. The molecule has 1 aromatic rings. The molecule has 0 N–H and O–H groups in total. The summed E-state index contributed by atoms with van der Waals surface area (Å²) in [4.78, 5) is 16.0. The van der Waals surface area contributed by atoms with Crippen LogP contribution in [0.25, 0.3) is 0 Å². The van der Waals surface area contributed by atoms with E-state index in [-0.39, 0.29) is 5.91 Å². The minimum Gasteiger partial charge on any atom is -0.312 e. The third kappa shape index (κ3) is 2.48. The molecule has 3 nitrogen and oxygen atoms in total. The van der Waals surface area contributed by atoms with Crippen molar-refractivity contribution in [3.05, 3.63) is 29.8 Å². The first-order valence-corrected chi connectivity index (χ1v) is 8.37. The third-order valence-corrected chi connectivity index (χ3v) is 5.57. The molecule has 0 bridgehead atoms. The minimum atomic E-state index is 0.259. The molecule has 1 unspecified atom stereocenters. The number of carbonyl (C=O) groups is 1. The monoisotopic (exact) mass is 284 g/mol. The molecule has 4 rings (SSSR count). The Bertz CT molecular complexity index is 539. The van der Waals surface area contributed by atoms with E-state index >= 15 is 0 Å². The quantitative estimate of drug-likeness (QED) is 0.794. The van der Waals surface area contributed by atoms with Gasteiger partial charge in [-0.25, -0.2) is 0 Å². The van der Waals surface area contributed by atoms with E-state index in [2.05, 4.69) is 36.1 Å². The summed E-state index contributed by atoms with van der Waals surface area (Å²) >= 11 is 0. The van der Waals surface area contributed by atoms with Crippen molar-refractivity contribution in [2.45, 2.75) is 44.6 Å². The van der Waals surface area contributed by atoms with E-state index in [0.717, 1.165) is 30.1 Å². The number of likely N-dealkylation sites (tertiary alicyclic amines) is 1. The van der Waals surface area contributed by atoms with Crippen molar-refractivity contribution in [3.8, 4) is 0 Å². The van der Waals surface area contributed by atoms with Gasteiger partial charge in [0.2, 0.25) is 5.91 Å². The molecule has 0 aromatic heterocycles. The zero-order chi connectivity index (χ0) is 14.4. The summed E-state index contributed by atoms with van der Waals surface area (Å²) in [5.74, 6) is 1.86. The van der Waals surface area contributed by atoms with Crippen molar-refractivity contribution in [1.82, 2.24) is 4.90 Å². The summed E-state index contributed by atoms with van der Waals surface area (Å²) in [5, 5.41) is 0. The first-order chi connectivity index (χ1) is 10.2. The van der Waals surface area contributed by atoms with Gasteiger partial charge in [-0.3, -0.25) is 4.79 Å². The van der Waals surface area contributed by atoms with Crippen LogP contribution in [-0.2, 0) is 4.79 Å². The van der Waals surface area contributed by atoms with Crippen LogP contribution in [-0.4, -0.2) is 36.5 Å². The Morgan fingerprint density at radius 3 is 2.57 bits per heavy atom. The summed E-state index contributed by atoms with van der Waals surface area (Å²) in [6.45, 7) is 5.82. The molecular weight excluding hydrogens is 260 g/mol. The first kappa shape index (κ1) is 13.3. The van der Waals surface area contributed by atoms with Gasteiger partial charge in [0.25, 0.3) is 0 Å². The SMILES string of the molecule is C[C@H]1CCCN1CC1C[C@@H]1c1ccc(N2CCC2=O)cc1. The van der Waals surface area contributed by atoms with Crippen LogP contribution in [0.1, 0.15) is 44.1 Å². The van der Waals surface area contributed by atoms with Gasteiger partial charge in [0.15, 0.2) is 0 Å². The molecule has 3 aliphatic rings. The Balaban J connectivity index is 1.36. The highest BCUT2D eigenvalue weighted by atomic mass is 16.2. The first-order valence-electron chi connectivity index (χ1n) is 8.37. The van der Waals surface area contributed by atoms with E-state index in [9.17, 15) is 4.79 Å². The van der Waals surface area contributed by atoms with Crippen LogP contribution in [0.4, 0.5) is 5.69 Å². The van der Waals surface area contributed by atoms with Crippen LogP contribution in [0, 0.1) is 5.92 Å². The number of benzene rings is 1. The van der Waals surface area contributed by atoms with Gasteiger partial charge in [0.05, 0.1) is 0 Å². The molecule has 3 fully saturated rings. The largest absolute Gasteiger partial charge is 0.312 e. The molecular formula is C18H24N2O. The third-order valence-electron chi connectivity index (χ3n) is 5.57. The van der Waals surface area contributed by atoms with Crippen LogP contribution in [0.2, 0.25) is 0 Å². The Morgan fingerprint density at radius 2 is 2.00 bits per heavy atom. The number of anilines is 1. The van der Waals surface area contributed by atoms with Crippen LogP contribution in [0.15, 0.2) is 24.3 Å². The fourth-order valence-corrected chi connectivity index (χ4v) is 3.91. The minimum absolute atomic E-state index is 0.259. The number of amides is 1. The highest BCUT2D eigenvalue weighted by molar-refractivity contribution is 5.99. The van der Waals surface area contributed by atoms with Crippen LogP contribution >= 0.6 is 0 Å². The predicted octanol–water partition coefficient (Wildman–Crippen LogP) is 3.01. The molecule has 2 heterocycles. The van der Waals surface area contributed by atoms with Crippen molar-refractivity contribution in [3.63, 3.8) is 0 Å². The van der Waals surface area contributed by atoms with Gasteiger partial charge in [0.1, 0.15) is 0 Å². The summed E-state index contributed by atoms with van der Waals surface area (Å²) in [5.41, 5.74) is 2.53. The lowest BCUT2D eigenvalue weighted by molar-refractivity contribution is -0.122. The van der Waals surface area contributed by atoms with E-state index in [0.29, 0.717) is 6.42 Å². The van der Waals surface area contributed by atoms with Crippen LogP contribution in [0.5, 0.6) is 0 Å². The second kappa shape index (κ2) is 5.13. The van der Waals surface area contributed by atoms with Crippen molar-refractivity contribution in [2.75, 3.05) is 24.5 Å². The normalized spacial score (nSPS) is 32.3. The number of β-lactam (4-membered cyclic amide) rings is 1. The van der Waals surface area contributed by atoms with Crippen molar-refractivity contribution >= 4 is 11.6 Å². The van der Waals surface area contributed by atoms with E-state index in [4.69, 9.17) is 0 Å². The van der Waals surface area contributed by atoms with E-state index in [1.165, 1.54) is 37.9 Å². The summed E-state index contributed by atoms with van der Waals surface area (Å²) in [6, 6.07) is 9.50. The molecule has 3 atom stereocenters. The van der Waals surface area contributed by atoms with E-state index in [1.54, 1.807) is 0 Å². The molecule has 1 amide bonds. The molecule has 21 heavy (non-hydrogen) atoms. The number of hydrogen-bond acceptors (Lipinski definition) is 2. The zero-order valence-electron chi connectivity index (χ0n) is 12.8. The van der Waals surface area contributed by atoms with Crippen LogP contribution in [0.3, 0.4) is 0 Å². The maximum Gasteiger partial charge on any atom is 0.228 e. The molecule has 0 spiro atoms. The van der Waals surface area contributed by atoms with Gasteiger partial charge in [-0.05, 0) is 62.3 Å². The maximum absolute atomic E-state index is 11.5. The van der Waals surface area contributed by atoms with Gasteiger partial charge in [-0.15, -0.1) is 0 Å². The van der Waals surface area contributed by atoms with Crippen molar-refractivity contribution < 1.29 is 4.79 Å². The lowest BCUT2D eigenvalue weighted by Gasteiger charge is -2.30. The zero-order valence-corrected chi connectivity index (χ0v) is 12.8. The Hall–Kier alpha value is -1.35. The Labute approximate surface area is 126 Å². The van der Waals surface area contributed by atoms with Crippen LogP contribution < -0.4 is 4.90 Å². The second-order valence-corrected chi connectivity index (χ2v) is 6.98. The predicted molar refractivity (Wildman–Crippen MR) is 84.5 cm³/mol. The van der Waals surface area contributed by atoms with E-state index < -0.39 is 0 Å². The topological polar surface area (TPSA) is 23.6 Å². The number of nitrogens with zero attached hydrogens (tertiary/aromatic N) is 2. The molecule has 1 saturated carbocycles. The molecule has 112 valence electrons. The summed E-state index contributed by atoms with van der Waals surface area (Å²) in [6.07, 6.45) is 4.79. The van der Waals surface area contributed by atoms with Crippen molar-refractivity contribution in [2.24, 2.45) is 5.92 Å². The highest BCUT2D eigenvalue weighted by Gasteiger charge is 2.40. The standard InChI is InChI=1S/C18H24N2O/c1-13-3-2-9-19(13)12-15-11-17(15)14-4-6-16(7-5-14)20-10-8-18(20)21/h4-7,13,15,17H,2-3,8-12H2,1H3/t13-,15?,17+/m0/s1. The van der Waals surface area contributed by atoms with Gasteiger partial charge >= 0.3 is 0 Å². The van der Waals surface area contributed by atoms with Gasteiger partial charge in [0, 0.05) is 31.2 Å². The number of carbonyl (C=O) groups excluding carboxylic acids is 1. The smallest absolute Gasteiger partial charge is 0.228 e.